The first kappa shape index (κ1) is 15.8. The van der Waals surface area contributed by atoms with Crippen molar-refractivity contribution in [2.24, 2.45) is 5.92 Å². The van der Waals surface area contributed by atoms with Crippen molar-refractivity contribution in [2.75, 3.05) is 0 Å². The highest BCUT2D eigenvalue weighted by molar-refractivity contribution is 6.31. The molecule has 1 atom stereocenters. The van der Waals surface area contributed by atoms with Gasteiger partial charge in [0.2, 0.25) is 0 Å². The van der Waals surface area contributed by atoms with Crippen LogP contribution in [0, 0.1) is 12.8 Å². The number of aliphatic hydroxyl groups is 1. The van der Waals surface area contributed by atoms with E-state index in [1.807, 2.05) is 11.6 Å². The number of aliphatic hydroxyl groups excluding tert-OH is 1. The molecule has 3 nitrogen and oxygen atoms in total. The number of aryl methyl sites for hydroxylation is 2. The Morgan fingerprint density at radius 3 is 2.45 bits per heavy atom. The first-order valence-corrected chi connectivity index (χ1v) is 8.41. The molecule has 0 saturated heterocycles. The lowest BCUT2D eigenvalue weighted by Crippen LogP contribution is -2.25. The molecule has 0 radical (unpaired) electrons. The molecule has 20 heavy (non-hydrogen) atoms. The molecule has 1 N–H and O–H groups in total. The van der Waals surface area contributed by atoms with Crippen molar-refractivity contribution < 1.29 is 5.11 Å². The fourth-order valence-electron chi connectivity index (χ4n) is 3.30. The van der Waals surface area contributed by atoms with Crippen LogP contribution in [-0.4, -0.2) is 21.0 Å². The maximum absolute atomic E-state index is 10.6. The maximum atomic E-state index is 10.6. The highest BCUT2D eigenvalue weighted by Gasteiger charge is 2.23. The predicted octanol–water partition coefficient (Wildman–Crippen LogP) is 4.13. The quantitative estimate of drug-likeness (QED) is 0.907. The van der Waals surface area contributed by atoms with E-state index in [0.717, 1.165) is 35.8 Å². The molecule has 1 unspecified atom stereocenters. The SMILES string of the molecule is CCn1nc(C)c(Cl)c1CC(O)C1CCCCCCC1. The van der Waals surface area contributed by atoms with Gasteiger partial charge in [-0.15, -0.1) is 0 Å². The van der Waals surface area contributed by atoms with Gasteiger partial charge in [-0.1, -0.05) is 43.7 Å². The van der Waals surface area contributed by atoms with Crippen molar-refractivity contribution in [2.45, 2.75) is 77.9 Å². The van der Waals surface area contributed by atoms with Crippen molar-refractivity contribution in [1.29, 1.82) is 0 Å². The molecule has 1 fully saturated rings. The minimum absolute atomic E-state index is 0.285. The van der Waals surface area contributed by atoms with Crippen LogP contribution in [0.25, 0.3) is 0 Å². The molecule has 1 aliphatic carbocycles. The van der Waals surface area contributed by atoms with E-state index >= 15 is 0 Å². The van der Waals surface area contributed by atoms with Gasteiger partial charge in [0.1, 0.15) is 0 Å². The zero-order valence-corrected chi connectivity index (χ0v) is 13.5. The van der Waals surface area contributed by atoms with Crippen LogP contribution < -0.4 is 0 Å². The molecule has 0 aromatic carbocycles. The van der Waals surface area contributed by atoms with E-state index in [1.165, 1.54) is 32.1 Å². The smallest absolute Gasteiger partial charge is 0.0848 e. The van der Waals surface area contributed by atoms with Crippen molar-refractivity contribution >= 4 is 11.6 Å². The topological polar surface area (TPSA) is 38.0 Å². The third kappa shape index (κ3) is 3.76. The fourth-order valence-corrected chi connectivity index (χ4v) is 3.51. The molecule has 2 rings (SSSR count). The summed E-state index contributed by atoms with van der Waals surface area (Å²) in [5.41, 5.74) is 1.87. The Morgan fingerprint density at radius 2 is 1.85 bits per heavy atom. The summed E-state index contributed by atoms with van der Waals surface area (Å²) in [6, 6.07) is 0. The average Bonchev–Trinajstić information content (AvgIpc) is 2.66. The number of aromatic nitrogens is 2. The Labute approximate surface area is 127 Å². The van der Waals surface area contributed by atoms with E-state index in [9.17, 15) is 5.11 Å². The summed E-state index contributed by atoms with van der Waals surface area (Å²) in [6.45, 7) is 4.80. The number of halogens is 1. The Bertz CT molecular complexity index is 422. The Hall–Kier alpha value is -0.540. The lowest BCUT2D eigenvalue weighted by molar-refractivity contribution is 0.0894. The van der Waals surface area contributed by atoms with Crippen LogP contribution >= 0.6 is 11.6 Å². The molecule has 0 bridgehead atoms. The van der Waals surface area contributed by atoms with Gasteiger partial charge < -0.3 is 5.11 Å². The molecular weight excluding hydrogens is 272 g/mol. The normalized spacial score (nSPS) is 19.6. The first-order valence-electron chi connectivity index (χ1n) is 8.03. The van der Waals surface area contributed by atoms with Crippen LogP contribution in [0.2, 0.25) is 5.02 Å². The van der Waals surface area contributed by atoms with Gasteiger partial charge in [0.25, 0.3) is 0 Å². The van der Waals surface area contributed by atoms with Gasteiger partial charge in [0, 0.05) is 13.0 Å². The summed E-state index contributed by atoms with van der Waals surface area (Å²) in [4.78, 5) is 0. The monoisotopic (exact) mass is 298 g/mol. The van der Waals surface area contributed by atoms with E-state index in [2.05, 4.69) is 12.0 Å². The second-order valence-electron chi connectivity index (χ2n) is 6.04. The summed E-state index contributed by atoms with van der Waals surface area (Å²) < 4.78 is 1.93. The third-order valence-corrected chi connectivity index (χ3v) is 5.04. The van der Waals surface area contributed by atoms with Gasteiger partial charge in [0.15, 0.2) is 0 Å². The fraction of sp³-hybridized carbons (Fsp3) is 0.812. The van der Waals surface area contributed by atoms with Crippen LogP contribution in [0.4, 0.5) is 0 Å². The van der Waals surface area contributed by atoms with E-state index < -0.39 is 0 Å². The molecule has 0 amide bonds. The molecule has 1 aromatic heterocycles. The maximum Gasteiger partial charge on any atom is 0.0848 e. The number of hydrogen-bond acceptors (Lipinski definition) is 2. The van der Waals surface area contributed by atoms with E-state index in [-0.39, 0.29) is 6.10 Å². The molecule has 114 valence electrons. The molecule has 1 saturated carbocycles. The standard InChI is InChI=1S/C16H27ClN2O/c1-3-19-14(16(17)12(2)18-19)11-15(20)13-9-7-5-4-6-8-10-13/h13,15,20H,3-11H2,1-2H3. The molecule has 4 heteroatoms. The molecular formula is C16H27ClN2O. The van der Waals surface area contributed by atoms with Crippen molar-refractivity contribution in [3.8, 4) is 0 Å². The zero-order valence-electron chi connectivity index (χ0n) is 12.7. The summed E-state index contributed by atoms with van der Waals surface area (Å²) >= 11 is 6.34. The number of rotatable bonds is 4. The van der Waals surface area contributed by atoms with E-state index in [4.69, 9.17) is 11.6 Å². The Kier molecular flexibility index (Phi) is 5.91. The summed E-state index contributed by atoms with van der Waals surface area (Å²) in [5.74, 6) is 0.423. The predicted molar refractivity (Wildman–Crippen MR) is 83.2 cm³/mol. The minimum atomic E-state index is -0.285. The van der Waals surface area contributed by atoms with Gasteiger partial charge in [-0.3, -0.25) is 4.68 Å². The summed E-state index contributed by atoms with van der Waals surface area (Å²) in [5, 5.41) is 15.8. The lowest BCUT2D eigenvalue weighted by atomic mass is 9.85. The van der Waals surface area contributed by atoms with Crippen LogP contribution in [0.3, 0.4) is 0 Å². The van der Waals surface area contributed by atoms with Crippen LogP contribution in [0.1, 0.15) is 63.3 Å². The summed E-state index contributed by atoms with van der Waals surface area (Å²) in [7, 11) is 0. The summed E-state index contributed by atoms with van der Waals surface area (Å²) in [6.07, 6.45) is 9.15. The molecule has 0 aliphatic heterocycles. The second kappa shape index (κ2) is 7.46. The zero-order chi connectivity index (χ0) is 14.5. The second-order valence-corrected chi connectivity index (χ2v) is 6.42. The first-order chi connectivity index (χ1) is 9.63. The van der Waals surface area contributed by atoms with Crippen LogP contribution in [0.15, 0.2) is 0 Å². The average molecular weight is 299 g/mol. The van der Waals surface area contributed by atoms with Gasteiger partial charge in [-0.05, 0) is 32.6 Å². The highest BCUT2D eigenvalue weighted by Crippen LogP contribution is 2.29. The van der Waals surface area contributed by atoms with E-state index in [1.54, 1.807) is 0 Å². The van der Waals surface area contributed by atoms with Crippen molar-refractivity contribution in [1.82, 2.24) is 9.78 Å². The number of nitrogens with zero attached hydrogens (tertiary/aromatic N) is 2. The van der Waals surface area contributed by atoms with Crippen LogP contribution in [-0.2, 0) is 13.0 Å². The van der Waals surface area contributed by atoms with Crippen LogP contribution in [0.5, 0.6) is 0 Å². The minimum Gasteiger partial charge on any atom is -0.392 e. The molecule has 0 spiro atoms. The van der Waals surface area contributed by atoms with Crippen molar-refractivity contribution in [3.05, 3.63) is 16.4 Å². The molecule has 1 aromatic rings. The molecule has 1 aliphatic rings. The Morgan fingerprint density at radius 1 is 1.25 bits per heavy atom. The Balaban J connectivity index is 2.04. The lowest BCUT2D eigenvalue weighted by Gasteiger charge is -2.25. The third-order valence-electron chi connectivity index (χ3n) is 4.55. The highest BCUT2D eigenvalue weighted by atomic mass is 35.5. The van der Waals surface area contributed by atoms with Gasteiger partial charge >= 0.3 is 0 Å². The molecule has 1 heterocycles. The number of hydrogen-bond donors (Lipinski definition) is 1. The van der Waals surface area contributed by atoms with Gasteiger partial charge in [0.05, 0.1) is 22.5 Å². The van der Waals surface area contributed by atoms with Gasteiger partial charge in [-0.25, -0.2) is 0 Å². The largest absolute Gasteiger partial charge is 0.392 e. The van der Waals surface area contributed by atoms with Gasteiger partial charge in [-0.2, -0.15) is 5.10 Å². The van der Waals surface area contributed by atoms with Crippen molar-refractivity contribution in [3.63, 3.8) is 0 Å². The van der Waals surface area contributed by atoms with E-state index in [0.29, 0.717) is 12.3 Å².